The highest BCUT2D eigenvalue weighted by Crippen LogP contribution is 2.41. The highest BCUT2D eigenvalue weighted by atomic mass is 19.1. The molecular weight excluding hydrogens is 175 g/mol. The smallest absolute Gasteiger partial charge is 0.126 e. The molecule has 0 radical (unpaired) electrons. The molecule has 0 heterocycles. The van der Waals surface area contributed by atoms with Crippen molar-refractivity contribution in [2.45, 2.75) is 44.9 Å². The van der Waals surface area contributed by atoms with Gasteiger partial charge in [-0.05, 0) is 41.4 Å². The van der Waals surface area contributed by atoms with Crippen LogP contribution in [0.2, 0.25) is 0 Å². The molecule has 1 aromatic carbocycles. The first-order valence-electron chi connectivity index (χ1n) is 5.28. The van der Waals surface area contributed by atoms with Gasteiger partial charge >= 0.3 is 0 Å². The maximum absolute atomic E-state index is 13.5. The molecule has 0 nitrogen and oxygen atoms in total. The zero-order valence-electron chi connectivity index (χ0n) is 9.10. The zero-order valence-corrected chi connectivity index (χ0v) is 9.10. The van der Waals surface area contributed by atoms with Crippen LogP contribution >= 0.6 is 0 Å². The molecule has 1 heteroatoms. The van der Waals surface area contributed by atoms with Crippen LogP contribution in [0.5, 0.6) is 0 Å². The van der Waals surface area contributed by atoms with E-state index < -0.39 is 0 Å². The Morgan fingerprint density at radius 2 is 1.86 bits per heavy atom. The molecule has 1 aliphatic rings. The van der Waals surface area contributed by atoms with E-state index in [9.17, 15) is 4.39 Å². The lowest BCUT2D eigenvalue weighted by Gasteiger charge is -2.20. The van der Waals surface area contributed by atoms with Crippen LogP contribution in [0.3, 0.4) is 0 Å². The normalized spacial score (nSPS) is 17.1. The number of halogens is 1. The minimum atomic E-state index is -0.0883. The van der Waals surface area contributed by atoms with Gasteiger partial charge in [-0.15, -0.1) is 0 Å². The van der Waals surface area contributed by atoms with Gasteiger partial charge in [0.2, 0.25) is 0 Å². The molecule has 1 fully saturated rings. The van der Waals surface area contributed by atoms with Crippen molar-refractivity contribution in [3.8, 4) is 0 Å². The fourth-order valence-electron chi connectivity index (χ4n) is 1.79. The lowest BCUT2D eigenvalue weighted by atomic mass is 9.85. The predicted molar refractivity (Wildman–Crippen MR) is 57.1 cm³/mol. The molecule has 76 valence electrons. The van der Waals surface area contributed by atoms with E-state index in [4.69, 9.17) is 0 Å². The van der Waals surface area contributed by atoms with E-state index in [0.717, 1.165) is 5.56 Å². The molecule has 14 heavy (non-hydrogen) atoms. The molecule has 0 bridgehead atoms. The van der Waals surface area contributed by atoms with Crippen molar-refractivity contribution in [3.05, 3.63) is 35.1 Å². The monoisotopic (exact) mass is 192 g/mol. The molecule has 0 atom stereocenters. The highest BCUT2D eigenvalue weighted by molar-refractivity contribution is 5.33. The van der Waals surface area contributed by atoms with E-state index >= 15 is 0 Å². The molecule has 0 saturated heterocycles. The molecule has 1 aliphatic carbocycles. The third-order valence-electron chi connectivity index (χ3n) is 2.85. The van der Waals surface area contributed by atoms with Gasteiger partial charge in [0, 0.05) is 0 Å². The molecule has 0 amide bonds. The van der Waals surface area contributed by atoms with Crippen LogP contribution in [-0.2, 0) is 5.41 Å². The quantitative estimate of drug-likeness (QED) is 0.631. The van der Waals surface area contributed by atoms with Gasteiger partial charge in [-0.3, -0.25) is 0 Å². The fourth-order valence-corrected chi connectivity index (χ4v) is 1.79. The summed E-state index contributed by atoms with van der Waals surface area (Å²) in [6.45, 7) is 6.17. The Kier molecular flexibility index (Phi) is 2.13. The average Bonchev–Trinajstić information content (AvgIpc) is 2.85. The zero-order chi connectivity index (χ0) is 10.3. The fraction of sp³-hybridized carbons (Fsp3) is 0.538. The van der Waals surface area contributed by atoms with Crippen LogP contribution in [0.15, 0.2) is 18.2 Å². The minimum absolute atomic E-state index is 0.0677. The molecule has 0 aromatic heterocycles. The third kappa shape index (κ3) is 1.82. The van der Waals surface area contributed by atoms with Gasteiger partial charge in [0.1, 0.15) is 5.82 Å². The summed E-state index contributed by atoms with van der Waals surface area (Å²) in [6.07, 6.45) is 2.55. The van der Waals surface area contributed by atoms with Crippen molar-refractivity contribution in [2.75, 3.05) is 0 Å². The maximum atomic E-state index is 13.5. The first-order valence-corrected chi connectivity index (χ1v) is 5.28. The first-order chi connectivity index (χ1) is 6.48. The van der Waals surface area contributed by atoms with Gasteiger partial charge in [0.15, 0.2) is 0 Å². The summed E-state index contributed by atoms with van der Waals surface area (Å²) in [4.78, 5) is 0. The summed E-state index contributed by atoms with van der Waals surface area (Å²) in [5.74, 6) is 0.638. The summed E-state index contributed by atoms with van der Waals surface area (Å²) >= 11 is 0. The molecule has 0 spiro atoms. The number of hydrogen-bond acceptors (Lipinski definition) is 0. The summed E-state index contributed by atoms with van der Waals surface area (Å²) in [5.41, 5.74) is 2.08. The largest absolute Gasteiger partial charge is 0.207 e. The molecule has 2 rings (SSSR count). The Balaban J connectivity index is 2.41. The molecule has 1 saturated carbocycles. The lowest BCUT2D eigenvalue weighted by Crippen LogP contribution is -2.13. The Labute approximate surface area is 85.1 Å². The predicted octanol–water partition coefficient (Wildman–Crippen LogP) is 4.00. The van der Waals surface area contributed by atoms with Gasteiger partial charge in [-0.1, -0.05) is 32.9 Å². The van der Waals surface area contributed by atoms with E-state index in [2.05, 4.69) is 20.8 Å². The Bertz CT molecular complexity index is 343. The standard InChI is InChI=1S/C13H17F/c1-13(2,3)11-8-10(9-4-5-9)6-7-12(11)14/h6-9H,4-5H2,1-3H3. The summed E-state index contributed by atoms with van der Waals surface area (Å²) < 4.78 is 13.5. The van der Waals surface area contributed by atoms with Crippen LogP contribution in [0.4, 0.5) is 4.39 Å². The van der Waals surface area contributed by atoms with E-state index in [0.29, 0.717) is 5.92 Å². The second-order valence-corrected chi connectivity index (χ2v) is 5.26. The number of hydrogen-bond donors (Lipinski definition) is 0. The molecule has 0 aliphatic heterocycles. The van der Waals surface area contributed by atoms with Crippen LogP contribution in [0, 0.1) is 5.82 Å². The Hall–Kier alpha value is -0.850. The van der Waals surface area contributed by atoms with Crippen LogP contribution in [-0.4, -0.2) is 0 Å². The van der Waals surface area contributed by atoms with Crippen LogP contribution in [0.1, 0.15) is 50.7 Å². The molecular formula is C13H17F. The Morgan fingerprint density at radius 1 is 1.21 bits per heavy atom. The second kappa shape index (κ2) is 3.08. The van der Waals surface area contributed by atoms with Gasteiger partial charge in [-0.25, -0.2) is 4.39 Å². The summed E-state index contributed by atoms with van der Waals surface area (Å²) in [6, 6.07) is 5.60. The molecule has 0 N–H and O–H groups in total. The number of rotatable bonds is 1. The van der Waals surface area contributed by atoms with Crippen molar-refractivity contribution in [1.29, 1.82) is 0 Å². The van der Waals surface area contributed by atoms with Gasteiger partial charge in [-0.2, -0.15) is 0 Å². The SMILES string of the molecule is CC(C)(C)c1cc(C2CC2)ccc1F. The maximum Gasteiger partial charge on any atom is 0.126 e. The van der Waals surface area contributed by atoms with E-state index in [-0.39, 0.29) is 11.2 Å². The van der Waals surface area contributed by atoms with Crippen molar-refractivity contribution >= 4 is 0 Å². The van der Waals surface area contributed by atoms with Crippen molar-refractivity contribution in [1.82, 2.24) is 0 Å². The molecule has 1 aromatic rings. The van der Waals surface area contributed by atoms with Crippen LogP contribution in [0.25, 0.3) is 0 Å². The van der Waals surface area contributed by atoms with E-state index in [1.54, 1.807) is 6.07 Å². The van der Waals surface area contributed by atoms with E-state index in [1.165, 1.54) is 18.4 Å². The van der Waals surface area contributed by atoms with Crippen molar-refractivity contribution in [2.24, 2.45) is 0 Å². The summed E-state index contributed by atoms with van der Waals surface area (Å²) in [7, 11) is 0. The van der Waals surface area contributed by atoms with Crippen LogP contribution < -0.4 is 0 Å². The molecule has 0 unspecified atom stereocenters. The topological polar surface area (TPSA) is 0 Å². The van der Waals surface area contributed by atoms with Gasteiger partial charge in [0.25, 0.3) is 0 Å². The average molecular weight is 192 g/mol. The minimum Gasteiger partial charge on any atom is -0.207 e. The third-order valence-corrected chi connectivity index (χ3v) is 2.85. The van der Waals surface area contributed by atoms with Gasteiger partial charge < -0.3 is 0 Å². The number of benzene rings is 1. The summed E-state index contributed by atoms with van der Waals surface area (Å²) in [5, 5.41) is 0. The van der Waals surface area contributed by atoms with Crippen molar-refractivity contribution < 1.29 is 4.39 Å². The Morgan fingerprint density at radius 3 is 2.36 bits per heavy atom. The van der Waals surface area contributed by atoms with Gasteiger partial charge in [0.05, 0.1) is 0 Å². The highest BCUT2D eigenvalue weighted by Gasteiger charge is 2.26. The van der Waals surface area contributed by atoms with E-state index in [1.807, 2.05) is 12.1 Å². The van der Waals surface area contributed by atoms with Crippen molar-refractivity contribution in [3.63, 3.8) is 0 Å². The lowest BCUT2D eigenvalue weighted by molar-refractivity contribution is 0.522. The second-order valence-electron chi connectivity index (χ2n) is 5.26. The first kappa shape index (κ1) is 9.70.